The Bertz CT molecular complexity index is 1800. The molecule has 1 heteroatoms. The molecule has 0 atom stereocenters. The standard InChI is InChI=1S/C35H21Br/c36-33-21-32-34(27-15-5-4-14-26(27)33)28-19-18-23(22-10-2-1-3-11-22)20-31(28)35(32)29-16-8-6-12-24(29)25-13-7-9-17-30(25)35/h1-21H. The summed E-state index contributed by atoms with van der Waals surface area (Å²) in [5.41, 5.74) is 13.0. The van der Waals surface area contributed by atoms with E-state index in [1.54, 1.807) is 0 Å². The first-order valence-corrected chi connectivity index (χ1v) is 13.2. The molecule has 168 valence electrons. The molecule has 2 aliphatic rings. The first kappa shape index (κ1) is 20.3. The zero-order chi connectivity index (χ0) is 23.9. The molecule has 6 aromatic carbocycles. The van der Waals surface area contributed by atoms with Crippen molar-refractivity contribution >= 4 is 26.7 Å². The van der Waals surface area contributed by atoms with E-state index in [4.69, 9.17) is 0 Å². The summed E-state index contributed by atoms with van der Waals surface area (Å²) in [5.74, 6) is 0. The molecular weight excluding hydrogens is 500 g/mol. The Morgan fingerprint density at radius 2 is 1.03 bits per heavy atom. The predicted molar refractivity (Wildman–Crippen MR) is 153 cm³/mol. The van der Waals surface area contributed by atoms with Crippen molar-refractivity contribution in [3.8, 4) is 33.4 Å². The molecule has 2 aliphatic carbocycles. The molecule has 0 heterocycles. The molecule has 8 rings (SSSR count). The van der Waals surface area contributed by atoms with Gasteiger partial charge in [-0.2, -0.15) is 0 Å². The maximum absolute atomic E-state index is 3.96. The van der Waals surface area contributed by atoms with Crippen molar-refractivity contribution in [1.82, 2.24) is 0 Å². The molecule has 1 spiro atoms. The molecule has 6 aromatic rings. The Balaban J connectivity index is 1.59. The van der Waals surface area contributed by atoms with E-state index in [-0.39, 0.29) is 5.41 Å². The lowest BCUT2D eigenvalue weighted by molar-refractivity contribution is 0.794. The normalized spacial score (nSPS) is 13.9. The van der Waals surface area contributed by atoms with Gasteiger partial charge in [-0.25, -0.2) is 0 Å². The molecule has 0 aromatic heterocycles. The third kappa shape index (κ3) is 2.44. The van der Waals surface area contributed by atoms with Gasteiger partial charge >= 0.3 is 0 Å². The predicted octanol–water partition coefficient (Wildman–Crippen LogP) is 9.61. The van der Waals surface area contributed by atoms with Crippen LogP contribution in [0.2, 0.25) is 0 Å². The third-order valence-electron chi connectivity index (χ3n) is 8.15. The van der Waals surface area contributed by atoms with E-state index in [0.29, 0.717) is 0 Å². The molecule has 0 saturated heterocycles. The fourth-order valence-electron chi connectivity index (χ4n) is 6.76. The topological polar surface area (TPSA) is 0 Å². The molecule has 0 aliphatic heterocycles. The SMILES string of the molecule is Brc1cc2c(c3ccccc13)-c1ccc(-c3ccccc3)cc1C21c2ccccc2-c2ccccc21. The molecule has 0 bridgehead atoms. The van der Waals surface area contributed by atoms with E-state index in [0.717, 1.165) is 4.47 Å². The number of hydrogen-bond acceptors (Lipinski definition) is 0. The minimum atomic E-state index is -0.352. The Hall–Kier alpha value is -3.94. The molecule has 0 fully saturated rings. The summed E-state index contributed by atoms with van der Waals surface area (Å²) < 4.78 is 1.15. The Morgan fingerprint density at radius 1 is 0.417 bits per heavy atom. The minimum Gasteiger partial charge on any atom is -0.0622 e. The zero-order valence-corrected chi connectivity index (χ0v) is 21.1. The maximum Gasteiger partial charge on any atom is 0.0726 e. The smallest absolute Gasteiger partial charge is 0.0622 e. The largest absolute Gasteiger partial charge is 0.0726 e. The van der Waals surface area contributed by atoms with Crippen LogP contribution in [-0.4, -0.2) is 0 Å². The fourth-order valence-corrected chi connectivity index (χ4v) is 7.33. The van der Waals surface area contributed by atoms with Crippen LogP contribution < -0.4 is 0 Å². The van der Waals surface area contributed by atoms with E-state index < -0.39 is 0 Å². The first-order valence-electron chi connectivity index (χ1n) is 12.4. The molecule has 36 heavy (non-hydrogen) atoms. The van der Waals surface area contributed by atoms with Gasteiger partial charge in [0.2, 0.25) is 0 Å². The molecule has 0 nitrogen and oxygen atoms in total. The number of rotatable bonds is 1. The van der Waals surface area contributed by atoms with Crippen molar-refractivity contribution in [2.45, 2.75) is 5.41 Å². The van der Waals surface area contributed by atoms with Gasteiger partial charge in [0.1, 0.15) is 0 Å². The van der Waals surface area contributed by atoms with E-state index in [2.05, 4.69) is 143 Å². The molecule has 0 radical (unpaired) electrons. The number of hydrogen-bond donors (Lipinski definition) is 0. The quantitative estimate of drug-likeness (QED) is 0.202. The van der Waals surface area contributed by atoms with Gasteiger partial charge in [-0.05, 0) is 78.5 Å². The van der Waals surface area contributed by atoms with E-state index >= 15 is 0 Å². The van der Waals surface area contributed by atoms with Gasteiger partial charge in [-0.1, -0.05) is 131 Å². The maximum atomic E-state index is 3.96. The second-order valence-electron chi connectivity index (χ2n) is 9.79. The summed E-state index contributed by atoms with van der Waals surface area (Å²) in [6.07, 6.45) is 0. The van der Waals surface area contributed by atoms with Crippen LogP contribution in [-0.2, 0) is 5.41 Å². The summed E-state index contributed by atoms with van der Waals surface area (Å²) in [6, 6.07) is 47.0. The molecule has 0 saturated carbocycles. The van der Waals surface area contributed by atoms with Gasteiger partial charge in [0.25, 0.3) is 0 Å². The fraction of sp³-hybridized carbons (Fsp3) is 0.0286. The van der Waals surface area contributed by atoms with Crippen molar-refractivity contribution in [3.63, 3.8) is 0 Å². The first-order chi connectivity index (χ1) is 17.8. The van der Waals surface area contributed by atoms with E-state index in [1.165, 1.54) is 66.4 Å². The van der Waals surface area contributed by atoms with E-state index in [1.807, 2.05) is 0 Å². The molecule has 0 unspecified atom stereocenters. The summed E-state index contributed by atoms with van der Waals surface area (Å²) in [7, 11) is 0. The Morgan fingerprint density at radius 3 is 1.75 bits per heavy atom. The lowest BCUT2D eigenvalue weighted by Crippen LogP contribution is -2.26. The van der Waals surface area contributed by atoms with E-state index in [9.17, 15) is 0 Å². The van der Waals surface area contributed by atoms with Crippen LogP contribution in [0.4, 0.5) is 0 Å². The second kappa shape index (κ2) is 7.29. The van der Waals surface area contributed by atoms with Crippen LogP contribution in [0.5, 0.6) is 0 Å². The highest BCUT2D eigenvalue weighted by molar-refractivity contribution is 9.10. The molecule has 0 N–H and O–H groups in total. The van der Waals surface area contributed by atoms with Gasteiger partial charge in [0.05, 0.1) is 5.41 Å². The Kier molecular flexibility index (Phi) is 4.10. The van der Waals surface area contributed by atoms with Crippen LogP contribution in [0.3, 0.4) is 0 Å². The van der Waals surface area contributed by atoms with Gasteiger partial charge in [-0.3, -0.25) is 0 Å². The van der Waals surface area contributed by atoms with Crippen LogP contribution in [0.25, 0.3) is 44.2 Å². The lowest BCUT2D eigenvalue weighted by atomic mass is 9.70. The van der Waals surface area contributed by atoms with Gasteiger partial charge < -0.3 is 0 Å². The summed E-state index contributed by atoms with van der Waals surface area (Å²) >= 11 is 3.96. The monoisotopic (exact) mass is 520 g/mol. The van der Waals surface area contributed by atoms with Crippen molar-refractivity contribution in [1.29, 1.82) is 0 Å². The summed E-state index contributed by atoms with van der Waals surface area (Å²) in [5, 5.41) is 2.56. The van der Waals surface area contributed by atoms with Gasteiger partial charge in [0.15, 0.2) is 0 Å². The Labute approximate surface area is 219 Å². The highest BCUT2D eigenvalue weighted by atomic mass is 79.9. The highest BCUT2D eigenvalue weighted by Crippen LogP contribution is 2.64. The lowest BCUT2D eigenvalue weighted by Gasteiger charge is -2.31. The third-order valence-corrected chi connectivity index (χ3v) is 8.81. The molecular formula is C35H21Br. The highest BCUT2D eigenvalue weighted by Gasteiger charge is 2.52. The van der Waals surface area contributed by atoms with Gasteiger partial charge in [0, 0.05) is 4.47 Å². The number of benzene rings is 6. The molecule has 0 amide bonds. The zero-order valence-electron chi connectivity index (χ0n) is 19.5. The average molecular weight is 521 g/mol. The van der Waals surface area contributed by atoms with Crippen molar-refractivity contribution < 1.29 is 0 Å². The van der Waals surface area contributed by atoms with Crippen molar-refractivity contribution in [2.24, 2.45) is 0 Å². The van der Waals surface area contributed by atoms with Crippen molar-refractivity contribution in [3.05, 3.63) is 154 Å². The van der Waals surface area contributed by atoms with Crippen molar-refractivity contribution in [2.75, 3.05) is 0 Å². The van der Waals surface area contributed by atoms with Gasteiger partial charge in [-0.15, -0.1) is 0 Å². The van der Waals surface area contributed by atoms with Crippen LogP contribution in [0.15, 0.2) is 132 Å². The average Bonchev–Trinajstić information content (AvgIpc) is 3.40. The van der Waals surface area contributed by atoms with Crippen LogP contribution in [0, 0.1) is 0 Å². The second-order valence-corrected chi connectivity index (χ2v) is 10.6. The number of fused-ring (bicyclic) bond motifs is 12. The minimum absolute atomic E-state index is 0.352. The van der Waals surface area contributed by atoms with Crippen LogP contribution in [0.1, 0.15) is 22.3 Å². The summed E-state index contributed by atoms with van der Waals surface area (Å²) in [6.45, 7) is 0. The van der Waals surface area contributed by atoms with Crippen LogP contribution >= 0.6 is 15.9 Å². The summed E-state index contributed by atoms with van der Waals surface area (Å²) in [4.78, 5) is 0. The number of halogens is 1.